The number of hydrogen-bond donors (Lipinski definition) is 2. The molecular weight excluding hydrogens is 378 g/mol. The van der Waals surface area contributed by atoms with Crippen molar-refractivity contribution in [2.45, 2.75) is 0 Å². The topological polar surface area (TPSA) is 107 Å². The van der Waals surface area contributed by atoms with Crippen LogP contribution in [0.3, 0.4) is 0 Å². The largest absolute Gasteiger partial charge is 0.497 e. The van der Waals surface area contributed by atoms with E-state index in [1.807, 2.05) is 0 Å². The average molecular weight is 401 g/mol. The van der Waals surface area contributed by atoms with E-state index in [-0.39, 0.29) is 6.54 Å². The lowest BCUT2D eigenvalue weighted by molar-refractivity contribution is -0.120. The summed E-state index contributed by atoms with van der Waals surface area (Å²) in [6, 6.07) is 9.92. The minimum absolute atomic E-state index is 0.259. The van der Waals surface area contributed by atoms with Crippen molar-refractivity contribution in [3.63, 3.8) is 0 Å². The van der Waals surface area contributed by atoms with Crippen molar-refractivity contribution in [3.8, 4) is 23.0 Å². The number of rotatable bonds is 9. The van der Waals surface area contributed by atoms with Crippen LogP contribution in [0.5, 0.6) is 23.0 Å². The van der Waals surface area contributed by atoms with Gasteiger partial charge in [0.2, 0.25) is 0 Å². The quantitative estimate of drug-likeness (QED) is 0.488. The van der Waals surface area contributed by atoms with Crippen LogP contribution in [0.25, 0.3) is 0 Å². The second-order valence-electron chi connectivity index (χ2n) is 5.69. The van der Waals surface area contributed by atoms with E-state index in [0.717, 1.165) is 0 Å². The molecule has 0 saturated heterocycles. The van der Waals surface area contributed by atoms with Crippen molar-refractivity contribution in [2.75, 3.05) is 35.0 Å². The summed E-state index contributed by atoms with van der Waals surface area (Å²) in [4.78, 5) is 24.2. The van der Waals surface area contributed by atoms with Crippen LogP contribution < -0.4 is 29.7 Å². The van der Waals surface area contributed by atoms with Crippen LogP contribution in [0.15, 0.2) is 41.5 Å². The summed E-state index contributed by atoms with van der Waals surface area (Å²) in [5.74, 6) is 1.19. The number of hydrogen-bond acceptors (Lipinski definition) is 7. The molecule has 2 aromatic rings. The Kier molecular flexibility index (Phi) is 7.84. The van der Waals surface area contributed by atoms with Gasteiger partial charge in [0.25, 0.3) is 11.8 Å². The zero-order valence-electron chi connectivity index (χ0n) is 16.6. The fourth-order valence-electron chi connectivity index (χ4n) is 2.35. The molecule has 29 heavy (non-hydrogen) atoms. The van der Waals surface area contributed by atoms with E-state index in [2.05, 4.69) is 15.8 Å². The van der Waals surface area contributed by atoms with Gasteiger partial charge in [-0.2, -0.15) is 5.10 Å². The third-order valence-electron chi connectivity index (χ3n) is 3.85. The molecule has 0 radical (unpaired) electrons. The number of amides is 2. The first-order chi connectivity index (χ1) is 14.0. The van der Waals surface area contributed by atoms with Gasteiger partial charge in [0, 0.05) is 17.2 Å². The third kappa shape index (κ3) is 6.13. The zero-order valence-corrected chi connectivity index (χ0v) is 16.6. The smallest absolute Gasteiger partial charge is 0.259 e. The average Bonchev–Trinajstić information content (AvgIpc) is 2.76. The van der Waals surface area contributed by atoms with Gasteiger partial charge in [-0.3, -0.25) is 9.59 Å². The van der Waals surface area contributed by atoms with Crippen molar-refractivity contribution in [2.24, 2.45) is 5.10 Å². The molecule has 0 fully saturated rings. The summed E-state index contributed by atoms with van der Waals surface area (Å²) >= 11 is 0. The van der Waals surface area contributed by atoms with Crippen molar-refractivity contribution in [1.29, 1.82) is 0 Å². The maximum absolute atomic E-state index is 12.3. The highest BCUT2D eigenvalue weighted by Gasteiger charge is 2.11. The van der Waals surface area contributed by atoms with Crippen LogP contribution in [0.2, 0.25) is 0 Å². The summed E-state index contributed by atoms with van der Waals surface area (Å²) in [5, 5.41) is 6.39. The predicted octanol–water partition coefficient (Wildman–Crippen LogP) is 1.60. The van der Waals surface area contributed by atoms with Gasteiger partial charge in [0.1, 0.15) is 23.0 Å². The molecule has 0 aliphatic carbocycles. The van der Waals surface area contributed by atoms with Gasteiger partial charge < -0.3 is 24.3 Å². The minimum atomic E-state index is -0.494. The minimum Gasteiger partial charge on any atom is -0.497 e. The molecule has 0 aromatic heterocycles. The van der Waals surface area contributed by atoms with Gasteiger partial charge in [-0.1, -0.05) is 0 Å². The summed E-state index contributed by atoms with van der Waals surface area (Å²) in [6.07, 6.45) is 1.42. The van der Waals surface area contributed by atoms with Gasteiger partial charge >= 0.3 is 0 Å². The molecule has 9 nitrogen and oxygen atoms in total. The maximum atomic E-state index is 12.3. The Bertz CT molecular complexity index is 876. The summed E-state index contributed by atoms with van der Waals surface area (Å²) < 4.78 is 20.6. The molecule has 154 valence electrons. The molecule has 2 N–H and O–H groups in total. The normalized spacial score (nSPS) is 10.3. The molecule has 0 heterocycles. The Balaban J connectivity index is 1.93. The molecule has 2 aromatic carbocycles. The Hall–Kier alpha value is -3.75. The molecule has 0 aliphatic heterocycles. The van der Waals surface area contributed by atoms with Crippen LogP contribution in [0.4, 0.5) is 0 Å². The van der Waals surface area contributed by atoms with Gasteiger partial charge in [-0.05, 0) is 30.3 Å². The van der Waals surface area contributed by atoms with Gasteiger partial charge in [-0.15, -0.1) is 0 Å². The summed E-state index contributed by atoms with van der Waals surface area (Å²) in [7, 11) is 6.05. The molecule has 0 aliphatic rings. The van der Waals surface area contributed by atoms with Crippen molar-refractivity contribution in [3.05, 3.63) is 47.5 Å². The number of ether oxygens (including phenoxy) is 4. The van der Waals surface area contributed by atoms with Crippen LogP contribution in [0, 0.1) is 0 Å². The summed E-state index contributed by atoms with van der Waals surface area (Å²) in [5.41, 5.74) is 3.27. The fourth-order valence-corrected chi connectivity index (χ4v) is 2.35. The van der Waals surface area contributed by atoms with E-state index in [4.69, 9.17) is 18.9 Å². The van der Waals surface area contributed by atoms with E-state index in [0.29, 0.717) is 34.1 Å². The van der Waals surface area contributed by atoms with E-state index in [1.54, 1.807) is 43.5 Å². The molecule has 0 spiro atoms. The van der Waals surface area contributed by atoms with Crippen molar-refractivity contribution >= 4 is 18.0 Å². The van der Waals surface area contributed by atoms with Crippen molar-refractivity contribution in [1.82, 2.24) is 10.7 Å². The predicted molar refractivity (Wildman–Crippen MR) is 107 cm³/mol. The number of carbonyl (C=O) groups excluding carboxylic acids is 2. The van der Waals surface area contributed by atoms with E-state index in [9.17, 15) is 9.59 Å². The number of benzene rings is 2. The second kappa shape index (κ2) is 10.5. The molecule has 0 saturated carbocycles. The highest BCUT2D eigenvalue weighted by Crippen LogP contribution is 2.23. The molecule has 0 unspecified atom stereocenters. The first kappa shape index (κ1) is 21.5. The van der Waals surface area contributed by atoms with Crippen LogP contribution >= 0.6 is 0 Å². The Morgan fingerprint density at radius 1 is 0.897 bits per heavy atom. The Labute approximate surface area is 168 Å². The highest BCUT2D eigenvalue weighted by molar-refractivity contribution is 5.97. The van der Waals surface area contributed by atoms with Crippen molar-refractivity contribution < 1.29 is 28.5 Å². The number of carbonyl (C=O) groups is 2. The molecule has 9 heteroatoms. The number of hydrazone groups is 1. The molecule has 2 amide bonds. The maximum Gasteiger partial charge on any atom is 0.259 e. The van der Waals surface area contributed by atoms with Gasteiger partial charge in [0.15, 0.2) is 0 Å². The standard InChI is InChI=1S/C20H23N3O6/c1-26-15-5-6-18(29-4)14(9-15)11-22-23-19(24)12-21-20(25)13-7-16(27-2)10-17(8-13)28-3/h5-11H,12H2,1-4H3,(H,21,25)(H,23,24)/b22-11+. The van der Waals surface area contributed by atoms with E-state index >= 15 is 0 Å². The highest BCUT2D eigenvalue weighted by atomic mass is 16.5. The second-order valence-corrected chi connectivity index (χ2v) is 5.69. The number of methoxy groups -OCH3 is 4. The summed E-state index contributed by atoms with van der Waals surface area (Å²) in [6.45, 7) is -0.259. The SMILES string of the molecule is COc1cc(OC)cc(C(=O)NCC(=O)N/N=C/c2cc(OC)ccc2OC)c1. The molecule has 0 bridgehead atoms. The van der Waals surface area contributed by atoms with Crippen LogP contribution in [0.1, 0.15) is 15.9 Å². The number of nitrogens with one attached hydrogen (secondary N) is 2. The lowest BCUT2D eigenvalue weighted by Gasteiger charge is -2.09. The molecular formula is C20H23N3O6. The number of nitrogens with zero attached hydrogens (tertiary/aromatic N) is 1. The van der Waals surface area contributed by atoms with E-state index < -0.39 is 11.8 Å². The molecule has 2 rings (SSSR count). The zero-order chi connectivity index (χ0) is 21.2. The van der Waals surface area contributed by atoms with E-state index in [1.165, 1.54) is 27.5 Å². The third-order valence-corrected chi connectivity index (χ3v) is 3.85. The Morgan fingerprint density at radius 3 is 2.14 bits per heavy atom. The van der Waals surface area contributed by atoms with Crippen LogP contribution in [-0.4, -0.2) is 53.0 Å². The van der Waals surface area contributed by atoms with Gasteiger partial charge in [0.05, 0.1) is 41.2 Å². The first-order valence-electron chi connectivity index (χ1n) is 8.56. The van der Waals surface area contributed by atoms with Gasteiger partial charge in [-0.25, -0.2) is 5.43 Å². The lowest BCUT2D eigenvalue weighted by Crippen LogP contribution is -2.34. The first-order valence-corrected chi connectivity index (χ1v) is 8.56. The molecule has 0 atom stereocenters. The van der Waals surface area contributed by atoms with Crippen LogP contribution in [-0.2, 0) is 4.79 Å². The fraction of sp³-hybridized carbons (Fsp3) is 0.250. The Morgan fingerprint density at radius 2 is 1.55 bits per heavy atom. The monoisotopic (exact) mass is 401 g/mol. The lowest BCUT2D eigenvalue weighted by atomic mass is 10.2.